The van der Waals surface area contributed by atoms with Gasteiger partial charge < -0.3 is 19.6 Å². The van der Waals surface area contributed by atoms with E-state index in [1.54, 1.807) is 11.8 Å². The Balaban J connectivity index is 1.38. The third-order valence-electron chi connectivity index (χ3n) is 6.81. The zero-order valence-corrected chi connectivity index (χ0v) is 22.8. The predicted octanol–water partition coefficient (Wildman–Crippen LogP) is 7.08. The highest BCUT2D eigenvalue weighted by molar-refractivity contribution is 7.99. The van der Waals surface area contributed by atoms with Crippen molar-refractivity contribution in [2.45, 2.75) is 50.9 Å². The largest absolute Gasteiger partial charge is 0.465 e. The number of hydrogen-bond donors (Lipinski definition) is 2. The number of aromatic amines is 1. The van der Waals surface area contributed by atoms with Crippen molar-refractivity contribution in [2.75, 3.05) is 12.3 Å². The van der Waals surface area contributed by atoms with E-state index in [9.17, 15) is 9.90 Å². The lowest BCUT2D eigenvalue weighted by Crippen LogP contribution is -2.45. The standard InChI is InChI=1S/C30H33N5O2S/c1-30(2,3)35(29(36)37)17-8-16-34-27(23-14-13-21-9-4-5-10-22(21)19-23)32-33-28(34)38-18-15-24-20-31-26-12-7-6-11-25(24)26/h4-7,9-14,19-20,31H,8,15-18H2,1-3H3,(H,36,37). The smallest absolute Gasteiger partial charge is 0.407 e. The van der Waals surface area contributed by atoms with E-state index in [1.807, 2.05) is 39.0 Å². The topological polar surface area (TPSA) is 87.0 Å². The molecule has 0 saturated carbocycles. The average molecular weight is 528 g/mol. The summed E-state index contributed by atoms with van der Waals surface area (Å²) in [4.78, 5) is 16.7. The fourth-order valence-electron chi connectivity index (χ4n) is 4.83. The molecular formula is C30H33N5O2S. The van der Waals surface area contributed by atoms with Gasteiger partial charge in [-0.1, -0.05) is 66.4 Å². The molecule has 0 fully saturated rings. The second-order valence-electron chi connectivity index (χ2n) is 10.4. The van der Waals surface area contributed by atoms with Gasteiger partial charge in [0.2, 0.25) is 0 Å². The number of benzene rings is 3. The number of nitrogens with zero attached hydrogens (tertiary/aromatic N) is 4. The second kappa shape index (κ2) is 10.9. The molecule has 0 unspecified atom stereocenters. The summed E-state index contributed by atoms with van der Waals surface area (Å²) in [5.74, 6) is 1.67. The van der Waals surface area contributed by atoms with Crippen molar-refractivity contribution in [1.29, 1.82) is 0 Å². The minimum Gasteiger partial charge on any atom is -0.465 e. The van der Waals surface area contributed by atoms with Gasteiger partial charge in [-0.2, -0.15) is 0 Å². The molecule has 2 aromatic heterocycles. The SMILES string of the molecule is CC(C)(C)N(CCCn1c(SCCc2c[nH]c3ccccc23)nnc1-c1ccc2ccccc2c1)C(=O)O. The Labute approximate surface area is 226 Å². The molecule has 0 bridgehead atoms. The summed E-state index contributed by atoms with van der Waals surface area (Å²) in [6.45, 7) is 6.84. The molecule has 0 aliphatic carbocycles. The number of hydrogen-bond acceptors (Lipinski definition) is 4. The number of carbonyl (C=O) groups is 1. The molecule has 5 rings (SSSR count). The lowest BCUT2D eigenvalue weighted by molar-refractivity contribution is 0.0985. The first-order chi connectivity index (χ1) is 18.3. The summed E-state index contributed by atoms with van der Waals surface area (Å²) >= 11 is 1.69. The molecule has 3 aromatic carbocycles. The first kappa shape index (κ1) is 25.9. The fourth-order valence-corrected chi connectivity index (χ4v) is 5.77. The van der Waals surface area contributed by atoms with Crippen LogP contribution in [0.1, 0.15) is 32.8 Å². The Bertz CT molecular complexity index is 1570. The quantitative estimate of drug-likeness (QED) is 0.200. The number of fused-ring (bicyclic) bond motifs is 2. The molecule has 2 N–H and O–H groups in total. The van der Waals surface area contributed by atoms with Crippen molar-refractivity contribution in [2.24, 2.45) is 0 Å². The Hall–Kier alpha value is -3.78. The number of aryl methyl sites for hydroxylation is 1. The molecule has 0 aliphatic rings. The van der Waals surface area contributed by atoms with Crippen molar-refractivity contribution in [3.05, 3.63) is 78.5 Å². The van der Waals surface area contributed by atoms with Crippen LogP contribution in [0.4, 0.5) is 4.79 Å². The van der Waals surface area contributed by atoms with Gasteiger partial charge in [0, 0.05) is 47.0 Å². The maximum atomic E-state index is 11.9. The van der Waals surface area contributed by atoms with Gasteiger partial charge in [-0.25, -0.2) is 4.79 Å². The van der Waals surface area contributed by atoms with Gasteiger partial charge in [0.1, 0.15) is 0 Å². The highest BCUT2D eigenvalue weighted by atomic mass is 32.2. The van der Waals surface area contributed by atoms with Gasteiger partial charge in [0.05, 0.1) is 0 Å². The van der Waals surface area contributed by atoms with Crippen LogP contribution in [-0.2, 0) is 13.0 Å². The van der Waals surface area contributed by atoms with Crippen molar-refractivity contribution in [1.82, 2.24) is 24.6 Å². The lowest BCUT2D eigenvalue weighted by atomic mass is 10.1. The molecule has 0 atom stereocenters. The number of para-hydroxylation sites is 1. The third-order valence-corrected chi connectivity index (χ3v) is 7.77. The number of rotatable bonds is 9. The van der Waals surface area contributed by atoms with Crippen molar-refractivity contribution in [3.8, 4) is 11.4 Å². The van der Waals surface area contributed by atoms with E-state index in [2.05, 4.69) is 74.5 Å². The van der Waals surface area contributed by atoms with Crippen LogP contribution in [0.25, 0.3) is 33.1 Å². The first-order valence-corrected chi connectivity index (χ1v) is 13.9. The van der Waals surface area contributed by atoms with E-state index >= 15 is 0 Å². The van der Waals surface area contributed by atoms with Crippen LogP contribution >= 0.6 is 11.8 Å². The normalized spacial score (nSPS) is 11.9. The number of H-pyrrole nitrogens is 1. The van der Waals surface area contributed by atoms with Crippen LogP contribution in [0.15, 0.2) is 78.1 Å². The predicted molar refractivity (Wildman–Crippen MR) is 155 cm³/mol. The number of nitrogens with one attached hydrogen (secondary N) is 1. The zero-order valence-electron chi connectivity index (χ0n) is 22.0. The molecule has 0 saturated heterocycles. The summed E-state index contributed by atoms with van der Waals surface area (Å²) in [5.41, 5.74) is 2.98. The molecule has 7 nitrogen and oxygen atoms in total. The molecule has 2 heterocycles. The van der Waals surface area contributed by atoms with Crippen LogP contribution in [0.5, 0.6) is 0 Å². The number of aromatic nitrogens is 4. The van der Waals surface area contributed by atoms with Gasteiger partial charge in [0.25, 0.3) is 0 Å². The van der Waals surface area contributed by atoms with Crippen molar-refractivity contribution >= 4 is 39.5 Å². The molecular weight excluding hydrogens is 494 g/mol. The van der Waals surface area contributed by atoms with E-state index in [-0.39, 0.29) is 0 Å². The summed E-state index contributed by atoms with van der Waals surface area (Å²) in [7, 11) is 0. The van der Waals surface area contributed by atoms with Crippen LogP contribution in [0.3, 0.4) is 0 Å². The highest BCUT2D eigenvalue weighted by Crippen LogP contribution is 2.29. The van der Waals surface area contributed by atoms with Gasteiger partial charge >= 0.3 is 6.09 Å². The highest BCUT2D eigenvalue weighted by Gasteiger charge is 2.26. The maximum absolute atomic E-state index is 11.9. The van der Waals surface area contributed by atoms with E-state index in [0.717, 1.165) is 39.6 Å². The molecule has 196 valence electrons. The summed E-state index contributed by atoms with van der Waals surface area (Å²) in [5, 5.41) is 23.3. The molecule has 0 radical (unpaired) electrons. The minimum absolute atomic E-state index is 0.438. The Morgan fingerprint density at radius 3 is 2.58 bits per heavy atom. The van der Waals surface area contributed by atoms with Crippen LogP contribution in [0.2, 0.25) is 0 Å². The fraction of sp³-hybridized carbons (Fsp3) is 0.300. The molecule has 0 spiro atoms. The maximum Gasteiger partial charge on any atom is 0.407 e. The number of carboxylic acid groups (broad SMARTS) is 1. The molecule has 0 aliphatic heterocycles. The Morgan fingerprint density at radius 2 is 1.79 bits per heavy atom. The number of amides is 1. The molecule has 1 amide bonds. The van der Waals surface area contributed by atoms with E-state index in [1.165, 1.54) is 21.2 Å². The summed E-state index contributed by atoms with van der Waals surface area (Å²) in [6, 6.07) is 23.0. The molecule has 8 heteroatoms. The van der Waals surface area contributed by atoms with Crippen LogP contribution in [0, 0.1) is 0 Å². The molecule has 38 heavy (non-hydrogen) atoms. The first-order valence-electron chi connectivity index (χ1n) is 12.9. The number of thioether (sulfide) groups is 1. The minimum atomic E-state index is -0.899. The summed E-state index contributed by atoms with van der Waals surface area (Å²) in [6.07, 6.45) is 2.76. The lowest BCUT2D eigenvalue weighted by Gasteiger charge is -2.33. The van der Waals surface area contributed by atoms with Crippen molar-refractivity contribution in [3.63, 3.8) is 0 Å². The van der Waals surface area contributed by atoms with E-state index in [0.29, 0.717) is 19.5 Å². The van der Waals surface area contributed by atoms with Gasteiger partial charge in [-0.3, -0.25) is 0 Å². The Morgan fingerprint density at radius 1 is 1.03 bits per heavy atom. The monoisotopic (exact) mass is 527 g/mol. The van der Waals surface area contributed by atoms with Gasteiger partial charge in [-0.05, 0) is 62.1 Å². The van der Waals surface area contributed by atoms with Gasteiger partial charge in [0.15, 0.2) is 11.0 Å². The third kappa shape index (κ3) is 5.55. The van der Waals surface area contributed by atoms with E-state index < -0.39 is 11.6 Å². The van der Waals surface area contributed by atoms with E-state index in [4.69, 9.17) is 0 Å². The molecule has 5 aromatic rings. The second-order valence-corrected chi connectivity index (χ2v) is 11.5. The van der Waals surface area contributed by atoms with Crippen molar-refractivity contribution < 1.29 is 9.90 Å². The van der Waals surface area contributed by atoms with Gasteiger partial charge in [-0.15, -0.1) is 10.2 Å². The van der Waals surface area contributed by atoms with Crippen LogP contribution < -0.4 is 0 Å². The average Bonchev–Trinajstić information content (AvgIpc) is 3.49. The van der Waals surface area contributed by atoms with Crippen LogP contribution in [-0.4, -0.2) is 53.7 Å². The summed E-state index contributed by atoms with van der Waals surface area (Å²) < 4.78 is 2.15. The zero-order chi connectivity index (χ0) is 26.7. The Kier molecular flexibility index (Phi) is 7.42.